The molecule has 0 aliphatic rings. The number of phenols is 1. The van der Waals surface area contributed by atoms with E-state index in [0.717, 1.165) is 16.5 Å². The van der Waals surface area contributed by atoms with Crippen molar-refractivity contribution in [3.05, 3.63) is 59.2 Å². The van der Waals surface area contributed by atoms with E-state index in [1.54, 1.807) is 18.2 Å². The summed E-state index contributed by atoms with van der Waals surface area (Å²) in [6.45, 7) is 0.420. The Balaban J connectivity index is 1.84. The quantitative estimate of drug-likeness (QED) is 0.754. The monoisotopic (exact) mass is 273 g/mol. The van der Waals surface area contributed by atoms with Gasteiger partial charge >= 0.3 is 0 Å². The first-order valence-electron chi connectivity index (χ1n) is 5.90. The molecule has 0 saturated heterocycles. The lowest BCUT2D eigenvalue weighted by Gasteiger charge is -2.05. The van der Waals surface area contributed by atoms with Crippen molar-refractivity contribution in [2.75, 3.05) is 0 Å². The van der Waals surface area contributed by atoms with Gasteiger partial charge in [0.05, 0.1) is 0 Å². The van der Waals surface area contributed by atoms with Gasteiger partial charge < -0.3 is 14.8 Å². The molecule has 0 saturated carbocycles. The molecule has 19 heavy (non-hydrogen) atoms. The summed E-state index contributed by atoms with van der Waals surface area (Å²) >= 11 is 6.00. The summed E-state index contributed by atoms with van der Waals surface area (Å²) in [5.74, 6) is 0.829. The molecule has 1 aromatic heterocycles. The smallest absolute Gasteiger partial charge is 0.123 e. The van der Waals surface area contributed by atoms with E-state index in [4.69, 9.17) is 16.3 Å². The molecule has 0 amide bonds. The van der Waals surface area contributed by atoms with E-state index in [-0.39, 0.29) is 5.75 Å². The number of hydrogen-bond donors (Lipinski definition) is 2. The third-order valence-corrected chi connectivity index (χ3v) is 3.18. The highest BCUT2D eigenvalue weighted by atomic mass is 35.5. The molecule has 0 atom stereocenters. The van der Waals surface area contributed by atoms with E-state index in [2.05, 4.69) is 4.98 Å². The van der Waals surface area contributed by atoms with Crippen molar-refractivity contribution in [1.29, 1.82) is 0 Å². The Hall–Kier alpha value is -2.13. The van der Waals surface area contributed by atoms with Crippen LogP contribution in [-0.2, 0) is 6.61 Å². The first-order chi connectivity index (χ1) is 9.22. The van der Waals surface area contributed by atoms with Crippen LogP contribution in [0.2, 0.25) is 5.02 Å². The zero-order valence-electron chi connectivity index (χ0n) is 10.1. The molecule has 0 fully saturated rings. The Morgan fingerprint density at radius 3 is 2.89 bits per heavy atom. The Morgan fingerprint density at radius 1 is 1.16 bits per heavy atom. The highest BCUT2D eigenvalue weighted by molar-refractivity contribution is 6.31. The normalized spacial score (nSPS) is 10.8. The second kappa shape index (κ2) is 4.86. The maximum atomic E-state index is 9.37. The van der Waals surface area contributed by atoms with Gasteiger partial charge in [-0.2, -0.15) is 0 Å². The number of H-pyrrole nitrogens is 1. The van der Waals surface area contributed by atoms with Crippen LogP contribution in [0.3, 0.4) is 0 Å². The van der Waals surface area contributed by atoms with Gasteiger partial charge in [0.2, 0.25) is 0 Å². The van der Waals surface area contributed by atoms with Crippen molar-refractivity contribution in [3.8, 4) is 11.5 Å². The third kappa shape index (κ3) is 2.51. The second-order valence-electron chi connectivity index (χ2n) is 4.29. The van der Waals surface area contributed by atoms with Gasteiger partial charge in [0.15, 0.2) is 0 Å². The highest BCUT2D eigenvalue weighted by Gasteiger charge is 2.05. The molecule has 4 heteroatoms. The Kier molecular flexibility index (Phi) is 3.05. The van der Waals surface area contributed by atoms with Gasteiger partial charge in [-0.3, -0.25) is 0 Å². The molecule has 3 nitrogen and oxygen atoms in total. The van der Waals surface area contributed by atoms with Crippen molar-refractivity contribution < 1.29 is 9.84 Å². The van der Waals surface area contributed by atoms with Crippen molar-refractivity contribution in [3.63, 3.8) is 0 Å². The standard InChI is InChI=1S/C15H12ClNO2/c16-11-4-5-15-14(6-11)10(8-17-15)9-19-13-3-1-2-12(18)7-13/h1-8,17-18H,9H2. The van der Waals surface area contributed by atoms with Crippen LogP contribution in [0.25, 0.3) is 10.9 Å². The van der Waals surface area contributed by atoms with Gasteiger partial charge in [0, 0.05) is 33.8 Å². The lowest BCUT2D eigenvalue weighted by atomic mass is 10.2. The molecule has 2 aromatic carbocycles. The summed E-state index contributed by atoms with van der Waals surface area (Å²) < 4.78 is 5.66. The average Bonchev–Trinajstić information content (AvgIpc) is 2.79. The minimum absolute atomic E-state index is 0.194. The van der Waals surface area contributed by atoms with E-state index in [1.807, 2.05) is 30.5 Å². The molecular weight excluding hydrogens is 262 g/mol. The van der Waals surface area contributed by atoms with E-state index in [1.165, 1.54) is 0 Å². The molecule has 1 heterocycles. The number of hydrogen-bond acceptors (Lipinski definition) is 2. The van der Waals surface area contributed by atoms with E-state index in [0.29, 0.717) is 17.4 Å². The van der Waals surface area contributed by atoms with Crippen molar-refractivity contribution in [1.82, 2.24) is 4.98 Å². The molecular formula is C15H12ClNO2. The summed E-state index contributed by atoms with van der Waals surface area (Å²) in [6, 6.07) is 12.4. The van der Waals surface area contributed by atoms with Crippen LogP contribution in [0, 0.1) is 0 Å². The maximum Gasteiger partial charge on any atom is 0.123 e. The predicted octanol–water partition coefficient (Wildman–Crippen LogP) is 4.11. The fraction of sp³-hybridized carbons (Fsp3) is 0.0667. The number of ether oxygens (including phenoxy) is 1. The van der Waals surface area contributed by atoms with Gasteiger partial charge in [-0.15, -0.1) is 0 Å². The Bertz CT molecular complexity index is 721. The molecule has 0 spiro atoms. The number of aromatic hydroxyl groups is 1. The van der Waals surface area contributed by atoms with Crippen LogP contribution in [0.4, 0.5) is 0 Å². The second-order valence-corrected chi connectivity index (χ2v) is 4.73. The number of nitrogens with one attached hydrogen (secondary N) is 1. The molecule has 2 N–H and O–H groups in total. The number of halogens is 1. The predicted molar refractivity (Wildman–Crippen MR) is 75.7 cm³/mol. The summed E-state index contributed by atoms with van der Waals surface area (Å²) in [5, 5.41) is 11.1. The zero-order chi connectivity index (χ0) is 13.2. The first-order valence-corrected chi connectivity index (χ1v) is 6.27. The van der Waals surface area contributed by atoms with Crippen LogP contribution < -0.4 is 4.74 Å². The molecule has 3 aromatic rings. The van der Waals surface area contributed by atoms with Crippen molar-refractivity contribution >= 4 is 22.5 Å². The molecule has 3 rings (SSSR count). The summed E-state index contributed by atoms with van der Waals surface area (Å²) in [6.07, 6.45) is 1.91. The summed E-state index contributed by atoms with van der Waals surface area (Å²) in [4.78, 5) is 3.18. The number of aromatic amines is 1. The fourth-order valence-corrected chi connectivity index (χ4v) is 2.18. The Morgan fingerprint density at radius 2 is 2.05 bits per heavy atom. The number of rotatable bonds is 3. The maximum absolute atomic E-state index is 9.37. The topological polar surface area (TPSA) is 45.2 Å². The average molecular weight is 274 g/mol. The van der Waals surface area contributed by atoms with Crippen LogP contribution >= 0.6 is 11.6 Å². The molecule has 0 unspecified atom stereocenters. The minimum atomic E-state index is 0.194. The SMILES string of the molecule is Oc1cccc(OCc2c[nH]c3ccc(Cl)cc23)c1. The van der Waals surface area contributed by atoms with Crippen LogP contribution in [0.5, 0.6) is 11.5 Å². The highest BCUT2D eigenvalue weighted by Crippen LogP contribution is 2.24. The summed E-state index contributed by atoms with van der Waals surface area (Å²) in [7, 11) is 0. The molecule has 0 aliphatic carbocycles. The van der Waals surface area contributed by atoms with Crippen LogP contribution in [0.1, 0.15) is 5.56 Å². The van der Waals surface area contributed by atoms with Gasteiger partial charge in [-0.25, -0.2) is 0 Å². The zero-order valence-corrected chi connectivity index (χ0v) is 10.8. The molecule has 0 radical (unpaired) electrons. The van der Waals surface area contributed by atoms with E-state index < -0.39 is 0 Å². The Labute approximate surface area is 115 Å². The van der Waals surface area contributed by atoms with Crippen LogP contribution in [0.15, 0.2) is 48.7 Å². The fourth-order valence-electron chi connectivity index (χ4n) is 2.00. The van der Waals surface area contributed by atoms with Gasteiger partial charge in [0.25, 0.3) is 0 Å². The largest absolute Gasteiger partial charge is 0.508 e. The molecule has 96 valence electrons. The lowest BCUT2D eigenvalue weighted by molar-refractivity contribution is 0.306. The van der Waals surface area contributed by atoms with Gasteiger partial charge in [0.1, 0.15) is 18.1 Å². The number of benzene rings is 2. The molecule has 0 bridgehead atoms. The third-order valence-electron chi connectivity index (χ3n) is 2.94. The minimum Gasteiger partial charge on any atom is -0.508 e. The number of fused-ring (bicyclic) bond motifs is 1. The van der Waals surface area contributed by atoms with Gasteiger partial charge in [-0.05, 0) is 30.3 Å². The van der Waals surface area contributed by atoms with E-state index in [9.17, 15) is 5.11 Å². The van der Waals surface area contributed by atoms with Crippen molar-refractivity contribution in [2.24, 2.45) is 0 Å². The van der Waals surface area contributed by atoms with Crippen LogP contribution in [-0.4, -0.2) is 10.1 Å². The van der Waals surface area contributed by atoms with Crippen molar-refractivity contribution in [2.45, 2.75) is 6.61 Å². The molecule has 0 aliphatic heterocycles. The first kappa shape index (κ1) is 11.9. The number of phenolic OH excluding ortho intramolecular Hbond substituents is 1. The van der Waals surface area contributed by atoms with Gasteiger partial charge in [-0.1, -0.05) is 17.7 Å². The van der Waals surface area contributed by atoms with E-state index >= 15 is 0 Å². The lowest BCUT2D eigenvalue weighted by Crippen LogP contribution is -1.94. The summed E-state index contributed by atoms with van der Waals surface area (Å²) in [5.41, 5.74) is 2.06. The number of aromatic nitrogens is 1.